The third kappa shape index (κ3) is 2.86. The Morgan fingerprint density at radius 3 is 2.84 bits per heavy atom. The lowest BCUT2D eigenvalue weighted by Gasteiger charge is -1.99. The van der Waals surface area contributed by atoms with E-state index in [0.717, 1.165) is 6.07 Å². The number of hydrogen-bond acceptors (Lipinski definition) is 7. The highest BCUT2D eigenvalue weighted by Crippen LogP contribution is 2.20. The molecule has 8 heteroatoms. The van der Waals surface area contributed by atoms with Crippen molar-refractivity contribution in [3.63, 3.8) is 0 Å². The van der Waals surface area contributed by atoms with E-state index in [1.54, 1.807) is 6.92 Å². The van der Waals surface area contributed by atoms with E-state index in [2.05, 4.69) is 25.5 Å². The first-order valence-corrected chi connectivity index (χ1v) is 5.22. The molecule has 0 atom stereocenters. The van der Waals surface area contributed by atoms with Gasteiger partial charge in [-0.1, -0.05) is 5.16 Å². The van der Waals surface area contributed by atoms with Gasteiger partial charge < -0.3 is 10.2 Å². The van der Waals surface area contributed by atoms with Gasteiger partial charge in [0.1, 0.15) is 17.2 Å². The molecular formula is C11H10N4O4. The minimum Gasteiger partial charge on any atom is -0.508 e. The highest BCUT2D eigenvalue weighted by molar-refractivity contribution is 5.94. The molecule has 8 nitrogen and oxygen atoms in total. The first-order chi connectivity index (χ1) is 9.08. The fourth-order valence-corrected chi connectivity index (χ4v) is 1.29. The minimum atomic E-state index is -0.576. The van der Waals surface area contributed by atoms with Gasteiger partial charge in [0.15, 0.2) is 5.69 Å². The molecule has 2 rings (SSSR count). The molecule has 0 radical (unpaired) electrons. The summed E-state index contributed by atoms with van der Waals surface area (Å²) in [5.41, 5.74) is 2.93. The maximum Gasteiger partial charge on any atom is 0.295 e. The molecule has 0 spiro atoms. The van der Waals surface area contributed by atoms with Gasteiger partial charge in [-0.15, -0.1) is 0 Å². The van der Waals surface area contributed by atoms with Crippen LogP contribution in [0.25, 0.3) is 0 Å². The predicted molar refractivity (Wildman–Crippen MR) is 63.9 cm³/mol. The molecule has 1 aromatic heterocycles. The largest absolute Gasteiger partial charge is 0.508 e. The first-order valence-electron chi connectivity index (χ1n) is 5.22. The quantitative estimate of drug-likeness (QED) is 0.548. The number of benzene rings is 1. The van der Waals surface area contributed by atoms with Crippen molar-refractivity contribution in [1.29, 1.82) is 0 Å². The van der Waals surface area contributed by atoms with Crippen molar-refractivity contribution >= 4 is 12.1 Å². The molecule has 98 valence electrons. The Labute approximate surface area is 107 Å². The molecule has 0 bridgehead atoms. The number of carbonyl (C=O) groups is 1. The van der Waals surface area contributed by atoms with Crippen molar-refractivity contribution in [3.8, 4) is 11.5 Å². The molecule has 2 aromatic rings. The normalized spacial score (nSPS) is 10.8. The van der Waals surface area contributed by atoms with E-state index in [0.29, 0.717) is 11.3 Å². The van der Waals surface area contributed by atoms with Gasteiger partial charge in [-0.25, -0.2) is 10.1 Å². The van der Waals surface area contributed by atoms with Crippen LogP contribution in [0.15, 0.2) is 27.9 Å². The van der Waals surface area contributed by atoms with Crippen molar-refractivity contribution in [1.82, 2.24) is 15.7 Å². The Hall–Kier alpha value is -2.90. The topological polar surface area (TPSA) is 121 Å². The Bertz CT molecular complexity index is 635. The van der Waals surface area contributed by atoms with Gasteiger partial charge in [-0.2, -0.15) is 5.10 Å². The van der Waals surface area contributed by atoms with Crippen molar-refractivity contribution < 1.29 is 19.6 Å². The summed E-state index contributed by atoms with van der Waals surface area (Å²) in [5, 5.41) is 29.1. The van der Waals surface area contributed by atoms with E-state index in [1.165, 1.54) is 18.3 Å². The number of phenolic OH excluding ortho intramolecular Hbond substituents is 2. The highest BCUT2D eigenvalue weighted by Gasteiger charge is 2.13. The van der Waals surface area contributed by atoms with Crippen LogP contribution in [-0.4, -0.2) is 32.6 Å². The number of phenols is 2. The summed E-state index contributed by atoms with van der Waals surface area (Å²) in [4.78, 5) is 11.6. The zero-order valence-corrected chi connectivity index (χ0v) is 9.86. The lowest BCUT2D eigenvalue weighted by molar-refractivity contribution is 0.0945. The van der Waals surface area contributed by atoms with E-state index in [1.807, 2.05) is 0 Å². The molecule has 0 saturated heterocycles. The fraction of sp³-hybridized carbons (Fsp3) is 0.0909. The Morgan fingerprint density at radius 1 is 1.42 bits per heavy atom. The number of aryl methyl sites for hydroxylation is 1. The van der Waals surface area contributed by atoms with Crippen LogP contribution >= 0.6 is 0 Å². The molecule has 0 unspecified atom stereocenters. The number of amides is 1. The smallest absolute Gasteiger partial charge is 0.295 e. The van der Waals surface area contributed by atoms with Crippen LogP contribution in [0.3, 0.4) is 0 Å². The van der Waals surface area contributed by atoms with E-state index < -0.39 is 5.91 Å². The van der Waals surface area contributed by atoms with Gasteiger partial charge in [0.2, 0.25) is 0 Å². The summed E-state index contributed by atoms with van der Waals surface area (Å²) in [6.45, 7) is 1.57. The second-order valence-corrected chi connectivity index (χ2v) is 3.64. The van der Waals surface area contributed by atoms with Crippen LogP contribution in [0.2, 0.25) is 0 Å². The summed E-state index contributed by atoms with van der Waals surface area (Å²) >= 11 is 0. The predicted octanol–water partition coefficient (Wildman–Crippen LogP) is 0.553. The van der Waals surface area contributed by atoms with Crippen LogP contribution in [-0.2, 0) is 0 Å². The second-order valence-electron chi connectivity index (χ2n) is 3.64. The van der Waals surface area contributed by atoms with Gasteiger partial charge in [0.25, 0.3) is 5.91 Å². The number of hydrogen-bond donors (Lipinski definition) is 3. The number of nitrogens with zero attached hydrogens (tertiary/aromatic N) is 3. The number of rotatable bonds is 3. The molecule has 0 aliphatic carbocycles. The summed E-state index contributed by atoms with van der Waals surface area (Å²) < 4.78 is 4.38. The van der Waals surface area contributed by atoms with Gasteiger partial charge in [-0.3, -0.25) is 4.79 Å². The molecule has 1 heterocycles. The first kappa shape index (κ1) is 12.6. The Morgan fingerprint density at radius 2 is 2.21 bits per heavy atom. The average Bonchev–Trinajstić information content (AvgIpc) is 2.78. The van der Waals surface area contributed by atoms with Crippen LogP contribution in [0.4, 0.5) is 0 Å². The average molecular weight is 262 g/mol. The van der Waals surface area contributed by atoms with Crippen molar-refractivity contribution in [2.24, 2.45) is 5.10 Å². The summed E-state index contributed by atoms with van der Waals surface area (Å²) in [6.07, 6.45) is 1.23. The van der Waals surface area contributed by atoms with Gasteiger partial charge in [0, 0.05) is 11.6 Å². The van der Waals surface area contributed by atoms with Crippen LogP contribution < -0.4 is 5.43 Å². The minimum absolute atomic E-state index is 0.0343. The van der Waals surface area contributed by atoms with Gasteiger partial charge in [-0.05, 0) is 24.2 Å². The van der Waals surface area contributed by atoms with E-state index >= 15 is 0 Å². The molecule has 0 aliphatic rings. The van der Waals surface area contributed by atoms with Crippen LogP contribution in [0.1, 0.15) is 21.7 Å². The monoisotopic (exact) mass is 262 g/mol. The zero-order valence-electron chi connectivity index (χ0n) is 9.86. The molecule has 19 heavy (non-hydrogen) atoms. The third-order valence-electron chi connectivity index (χ3n) is 2.25. The lowest BCUT2D eigenvalue weighted by Crippen LogP contribution is -2.19. The lowest BCUT2D eigenvalue weighted by atomic mass is 10.2. The molecule has 0 saturated carbocycles. The molecular weight excluding hydrogens is 252 g/mol. The molecule has 3 N–H and O–H groups in total. The maximum absolute atomic E-state index is 11.6. The summed E-state index contributed by atoms with van der Waals surface area (Å²) in [6, 6.07) is 3.99. The van der Waals surface area contributed by atoms with Crippen molar-refractivity contribution in [3.05, 3.63) is 35.2 Å². The fourth-order valence-electron chi connectivity index (χ4n) is 1.29. The Kier molecular flexibility index (Phi) is 3.42. The van der Waals surface area contributed by atoms with E-state index in [-0.39, 0.29) is 17.2 Å². The standard InChI is InChI=1S/C11H10N4O4/c1-6-10(15-19-14-6)11(18)13-12-5-7-2-3-8(16)4-9(7)17/h2-5,16-17H,1H3,(H,13,18). The van der Waals surface area contributed by atoms with Gasteiger partial charge in [0.05, 0.1) is 6.21 Å². The van der Waals surface area contributed by atoms with Crippen LogP contribution in [0.5, 0.6) is 11.5 Å². The number of hydrazone groups is 1. The van der Waals surface area contributed by atoms with E-state index in [9.17, 15) is 9.90 Å². The summed E-state index contributed by atoms with van der Waals surface area (Å²) in [7, 11) is 0. The molecule has 1 aromatic carbocycles. The number of nitrogens with one attached hydrogen (secondary N) is 1. The third-order valence-corrected chi connectivity index (χ3v) is 2.25. The molecule has 0 fully saturated rings. The maximum atomic E-state index is 11.6. The number of carbonyl (C=O) groups excluding carboxylic acids is 1. The van der Waals surface area contributed by atoms with Crippen molar-refractivity contribution in [2.45, 2.75) is 6.92 Å². The van der Waals surface area contributed by atoms with Crippen molar-refractivity contribution in [2.75, 3.05) is 0 Å². The second kappa shape index (κ2) is 5.17. The number of aromatic nitrogens is 2. The number of aromatic hydroxyl groups is 2. The Balaban J connectivity index is 2.04. The molecule has 1 amide bonds. The zero-order chi connectivity index (χ0) is 13.8. The van der Waals surface area contributed by atoms with Crippen LogP contribution in [0, 0.1) is 6.92 Å². The van der Waals surface area contributed by atoms with Gasteiger partial charge >= 0.3 is 0 Å². The SMILES string of the molecule is Cc1nonc1C(=O)NN=Cc1ccc(O)cc1O. The summed E-state index contributed by atoms with van der Waals surface area (Å²) in [5.74, 6) is -0.798. The van der Waals surface area contributed by atoms with E-state index in [4.69, 9.17) is 5.11 Å². The highest BCUT2D eigenvalue weighted by atomic mass is 16.6. The molecule has 0 aliphatic heterocycles.